The molecule has 1 aromatic heterocycles. The van der Waals surface area contributed by atoms with Crippen molar-refractivity contribution in [1.82, 2.24) is 15.3 Å². The molecule has 0 atom stereocenters. The summed E-state index contributed by atoms with van der Waals surface area (Å²) >= 11 is 0. The quantitative estimate of drug-likeness (QED) is 0.655. The number of aromatic nitrogens is 2. The van der Waals surface area contributed by atoms with Crippen molar-refractivity contribution in [2.45, 2.75) is 38.8 Å². The van der Waals surface area contributed by atoms with Crippen molar-refractivity contribution in [3.8, 4) is 0 Å². The van der Waals surface area contributed by atoms with Crippen LogP contribution in [0, 0.1) is 5.82 Å². The van der Waals surface area contributed by atoms with E-state index in [0.717, 1.165) is 24.3 Å². The average molecular weight is 427 g/mol. The van der Waals surface area contributed by atoms with Crippen LogP contribution in [0.5, 0.6) is 0 Å². The molecule has 2 aromatic rings. The van der Waals surface area contributed by atoms with Gasteiger partial charge < -0.3 is 25.8 Å². The third-order valence-electron chi connectivity index (χ3n) is 5.57. The van der Waals surface area contributed by atoms with E-state index < -0.39 is 0 Å². The maximum atomic E-state index is 12.9. The Morgan fingerprint density at radius 1 is 1.16 bits per heavy atom. The molecule has 9 nitrogen and oxygen atoms in total. The van der Waals surface area contributed by atoms with Gasteiger partial charge in [0.2, 0.25) is 11.9 Å². The monoisotopic (exact) mass is 427 g/mol. The second kappa shape index (κ2) is 8.75. The molecule has 2 aliphatic rings. The molecule has 1 saturated carbocycles. The summed E-state index contributed by atoms with van der Waals surface area (Å²) < 4.78 is 12.9. The van der Waals surface area contributed by atoms with Crippen LogP contribution in [0.25, 0.3) is 0 Å². The first-order valence-electron chi connectivity index (χ1n) is 10.5. The van der Waals surface area contributed by atoms with E-state index in [-0.39, 0.29) is 29.8 Å². The van der Waals surface area contributed by atoms with Gasteiger partial charge in [-0.3, -0.25) is 4.79 Å². The minimum absolute atomic E-state index is 0.0379. The fourth-order valence-corrected chi connectivity index (χ4v) is 3.85. The van der Waals surface area contributed by atoms with E-state index in [4.69, 9.17) is 0 Å². The summed E-state index contributed by atoms with van der Waals surface area (Å²) in [6.45, 7) is 5.50. The third kappa shape index (κ3) is 4.52. The molecular weight excluding hydrogens is 401 g/mol. The minimum Gasteiger partial charge on any atom is -0.351 e. The number of hydrogen-bond donors (Lipinski definition) is 3. The van der Waals surface area contributed by atoms with Gasteiger partial charge in [-0.2, -0.15) is 4.98 Å². The van der Waals surface area contributed by atoms with E-state index in [2.05, 4.69) is 25.9 Å². The van der Waals surface area contributed by atoms with Crippen LogP contribution in [0.1, 0.15) is 26.7 Å². The maximum absolute atomic E-state index is 12.9. The highest BCUT2D eigenvalue weighted by atomic mass is 19.1. The summed E-state index contributed by atoms with van der Waals surface area (Å²) in [4.78, 5) is 37.1. The minimum atomic E-state index is -0.348. The number of anilines is 4. The lowest BCUT2D eigenvalue weighted by molar-refractivity contribution is -0.117. The number of nitrogens with one attached hydrogen (secondary N) is 3. The predicted octanol–water partition coefficient (Wildman–Crippen LogP) is 2.57. The number of carbonyl (C=O) groups excluding carboxylic acids is 2. The van der Waals surface area contributed by atoms with Gasteiger partial charge >= 0.3 is 6.03 Å². The molecule has 0 spiro atoms. The molecule has 31 heavy (non-hydrogen) atoms. The molecule has 0 saturated heterocycles. The molecule has 0 bridgehead atoms. The lowest BCUT2D eigenvalue weighted by Gasteiger charge is -2.37. The number of hydrogen-bond acceptors (Lipinski definition) is 6. The van der Waals surface area contributed by atoms with Crippen molar-refractivity contribution in [1.29, 1.82) is 0 Å². The number of rotatable bonds is 6. The van der Waals surface area contributed by atoms with Crippen LogP contribution in [0.4, 0.5) is 32.3 Å². The Balaban J connectivity index is 1.31. The number of benzene rings is 1. The largest absolute Gasteiger partial charge is 0.351 e. The molecule has 10 heteroatoms. The van der Waals surface area contributed by atoms with Gasteiger partial charge in [-0.25, -0.2) is 14.2 Å². The highest BCUT2D eigenvalue weighted by Gasteiger charge is 2.33. The van der Waals surface area contributed by atoms with Gasteiger partial charge in [0.15, 0.2) is 5.82 Å². The standard InChI is InChI=1S/C21H26FN7O2/c1-3-28-12-18(30)29(4-2)17-11-23-20(27-19(17)28)24-15-9-16(10-15)26-21(31)25-14-7-5-13(22)6-8-14/h5-8,11,15-16H,3-4,9-10,12H2,1-2H3,(H,23,24,27)(H2,25,26,31)/t15-,16+. The number of urea groups is 1. The molecule has 1 aliphatic heterocycles. The molecule has 3 N–H and O–H groups in total. The first-order chi connectivity index (χ1) is 15.0. The smallest absolute Gasteiger partial charge is 0.319 e. The van der Waals surface area contributed by atoms with Crippen LogP contribution in [0.3, 0.4) is 0 Å². The van der Waals surface area contributed by atoms with Crippen molar-refractivity contribution in [3.05, 3.63) is 36.3 Å². The van der Waals surface area contributed by atoms with Gasteiger partial charge in [0.1, 0.15) is 11.5 Å². The Morgan fingerprint density at radius 2 is 1.90 bits per heavy atom. The third-order valence-corrected chi connectivity index (χ3v) is 5.57. The molecule has 0 radical (unpaired) electrons. The number of amides is 3. The SMILES string of the molecule is CCN1CC(=O)N(CC)c2cnc(N[C@H]3C[C@@H](NC(=O)Nc4ccc(F)cc4)C3)nc21. The number of halogens is 1. The summed E-state index contributed by atoms with van der Waals surface area (Å²) in [6.07, 6.45) is 3.18. The van der Waals surface area contributed by atoms with E-state index >= 15 is 0 Å². The van der Waals surface area contributed by atoms with Gasteiger partial charge in [0.05, 0.1) is 12.7 Å². The fraction of sp³-hybridized carbons (Fsp3) is 0.429. The Labute approximate surface area is 180 Å². The molecule has 1 aromatic carbocycles. The first-order valence-corrected chi connectivity index (χ1v) is 10.5. The van der Waals surface area contributed by atoms with Crippen molar-refractivity contribution in [2.24, 2.45) is 0 Å². The first kappa shape index (κ1) is 20.8. The van der Waals surface area contributed by atoms with Crippen LogP contribution >= 0.6 is 0 Å². The van der Waals surface area contributed by atoms with Gasteiger partial charge in [-0.1, -0.05) is 0 Å². The Hall–Kier alpha value is -3.43. The van der Waals surface area contributed by atoms with Gasteiger partial charge in [-0.05, 0) is 51.0 Å². The van der Waals surface area contributed by atoms with Gasteiger partial charge in [-0.15, -0.1) is 0 Å². The van der Waals surface area contributed by atoms with Crippen molar-refractivity contribution in [2.75, 3.05) is 40.1 Å². The molecule has 1 aliphatic carbocycles. The molecule has 2 heterocycles. The Morgan fingerprint density at radius 3 is 2.58 bits per heavy atom. The zero-order chi connectivity index (χ0) is 22.0. The number of nitrogens with zero attached hydrogens (tertiary/aromatic N) is 4. The zero-order valence-electron chi connectivity index (χ0n) is 17.6. The summed E-state index contributed by atoms with van der Waals surface area (Å²) in [7, 11) is 0. The summed E-state index contributed by atoms with van der Waals surface area (Å²) in [5, 5.41) is 8.91. The normalized spacial score (nSPS) is 20.0. The van der Waals surface area contributed by atoms with E-state index in [1.54, 1.807) is 11.1 Å². The summed E-state index contributed by atoms with van der Waals surface area (Å²) in [5.41, 5.74) is 1.27. The summed E-state index contributed by atoms with van der Waals surface area (Å²) in [5.74, 6) is 0.975. The van der Waals surface area contributed by atoms with Gasteiger partial charge in [0.25, 0.3) is 0 Å². The average Bonchev–Trinajstić information content (AvgIpc) is 2.73. The zero-order valence-corrected chi connectivity index (χ0v) is 17.6. The number of carbonyl (C=O) groups is 2. The Kier molecular flexibility index (Phi) is 5.88. The predicted molar refractivity (Wildman–Crippen MR) is 117 cm³/mol. The van der Waals surface area contributed by atoms with Gasteiger partial charge in [0, 0.05) is 30.9 Å². The number of likely N-dealkylation sites (N-methyl/N-ethyl adjacent to an activating group) is 2. The summed E-state index contributed by atoms with van der Waals surface area (Å²) in [6, 6.07) is 5.50. The molecule has 3 amide bonds. The van der Waals surface area contributed by atoms with Crippen LogP contribution in [0.15, 0.2) is 30.5 Å². The van der Waals surface area contributed by atoms with E-state index in [0.29, 0.717) is 31.3 Å². The molecule has 0 unspecified atom stereocenters. The lowest BCUT2D eigenvalue weighted by Crippen LogP contribution is -2.51. The molecule has 4 rings (SSSR count). The second-order valence-corrected chi connectivity index (χ2v) is 7.67. The molecular formula is C21H26FN7O2. The number of fused-ring (bicyclic) bond motifs is 1. The van der Waals surface area contributed by atoms with E-state index in [1.807, 2.05) is 18.7 Å². The van der Waals surface area contributed by atoms with E-state index in [1.165, 1.54) is 24.3 Å². The van der Waals surface area contributed by atoms with Crippen molar-refractivity contribution < 1.29 is 14.0 Å². The highest BCUT2D eigenvalue weighted by Crippen LogP contribution is 2.32. The molecule has 1 fully saturated rings. The highest BCUT2D eigenvalue weighted by molar-refractivity contribution is 6.02. The Bertz CT molecular complexity index is 963. The molecule has 164 valence electrons. The van der Waals surface area contributed by atoms with Crippen LogP contribution in [0.2, 0.25) is 0 Å². The maximum Gasteiger partial charge on any atom is 0.319 e. The van der Waals surface area contributed by atoms with Crippen molar-refractivity contribution >= 4 is 35.1 Å². The van der Waals surface area contributed by atoms with Crippen LogP contribution < -0.4 is 25.8 Å². The van der Waals surface area contributed by atoms with Crippen LogP contribution in [-0.2, 0) is 4.79 Å². The fourth-order valence-electron chi connectivity index (χ4n) is 3.85. The van der Waals surface area contributed by atoms with Crippen LogP contribution in [-0.4, -0.2) is 53.6 Å². The second-order valence-electron chi connectivity index (χ2n) is 7.67. The topological polar surface area (TPSA) is 102 Å². The lowest BCUT2D eigenvalue weighted by atomic mass is 9.87. The van der Waals surface area contributed by atoms with E-state index in [9.17, 15) is 14.0 Å². The van der Waals surface area contributed by atoms with Crippen molar-refractivity contribution in [3.63, 3.8) is 0 Å².